The van der Waals surface area contributed by atoms with Gasteiger partial charge in [-0.3, -0.25) is 4.79 Å². The van der Waals surface area contributed by atoms with E-state index in [9.17, 15) is 4.79 Å². The van der Waals surface area contributed by atoms with Crippen molar-refractivity contribution in [2.45, 2.75) is 26.8 Å². The van der Waals surface area contributed by atoms with Crippen LogP contribution in [0.3, 0.4) is 0 Å². The number of ether oxygens (including phenoxy) is 1. The molecule has 2 aromatic rings. The number of hydrogen-bond acceptors (Lipinski definition) is 7. The van der Waals surface area contributed by atoms with Gasteiger partial charge in [-0.25, -0.2) is 9.97 Å². The van der Waals surface area contributed by atoms with Crippen molar-refractivity contribution >= 4 is 33.8 Å². The Morgan fingerprint density at radius 3 is 2.79 bits per heavy atom. The molecule has 2 rings (SSSR count). The molecule has 0 fully saturated rings. The number of rotatable bonds is 6. The van der Waals surface area contributed by atoms with Crippen LogP contribution in [0.4, 0.5) is 5.13 Å². The van der Waals surface area contributed by atoms with E-state index in [1.807, 2.05) is 17.7 Å². The Labute approximate surface area is 119 Å². The molecule has 0 radical (unpaired) electrons. The van der Waals surface area contributed by atoms with Crippen LogP contribution in [-0.2, 0) is 22.5 Å². The SMILES string of the molecule is CCOC(=O)Cc1csc(NCc2csc(C)n2)n1. The number of carbonyl (C=O) groups excluding carboxylic acids is 1. The second-order valence-corrected chi connectivity index (χ2v) is 5.76. The molecule has 19 heavy (non-hydrogen) atoms. The molecule has 0 amide bonds. The summed E-state index contributed by atoms with van der Waals surface area (Å²) in [4.78, 5) is 20.0. The number of aromatic nitrogens is 2. The molecule has 102 valence electrons. The van der Waals surface area contributed by atoms with Crippen molar-refractivity contribution in [2.75, 3.05) is 11.9 Å². The highest BCUT2D eigenvalue weighted by Gasteiger charge is 2.08. The Kier molecular flexibility index (Phi) is 4.86. The van der Waals surface area contributed by atoms with Gasteiger partial charge in [0, 0.05) is 10.8 Å². The largest absolute Gasteiger partial charge is 0.466 e. The Balaban J connectivity index is 1.85. The van der Waals surface area contributed by atoms with Crippen molar-refractivity contribution in [3.8, 4) is 0 Å². The van der Waals surface area contributed by atoms with Crippen LogP contribution in [0.1, 0.15) is 23.3 Å². The number of nitrogens with one attached hydrogen (secondary N) is 1. The van der Waals surface area contributed by atoms with Crippen LogP contribution in [-0.4, -0.2) is 22.5 Å². The van der Waals surface area contributed by atoms with E-state index in [1.54, 1.807) is 18.3 Å². The fourth-order valence-corrected chi connectivity index (χ4v) is 2.81. The molecule has 2 heterocycles. The summed E-state index contributed by atoms with van der Waals surface area (Å²) in [5, 5.41) is 8.94. The summed E-state index contributed by atoms with van der Waals surface area (Å²) in [6.45, 7) is 4.82. The van der Waals surface area contributed by atoms with Gasteiger partial charge in [-0.15, -0.1) is 22.7 Å². The van der Waals surface area contributed by atoms with E-state index in [2.05, 4.69) is 15.3 Å². The average molecular weight is 297 g/mol. The van der Waals surface area contributed by atoms with Crippen molar-refractivity contribution in [1.82, 2.24) is 9.97 Å². The van der Waals surface area contributed by atoms with E-state index >= 15 is 0 Å². The first-order valence-electron chi connectivity index (χ1n) is 5.92. The summed E-state index contributed by atoms with van der Waals surface area (Å²) >= 11 is 3.11. The number of anilines is 1. The average Bonchev–Trinajstić information content (AvgIpc) is 2.96. The highest BCUT2D eigenvalue weighted by molar-refractivity contribution is 7.13. The van der Waals surface area contributed by atoms with Gasteiger partial charge < -0.3 is 10.1 Å². The first-order valence-corrected chi connectivity index (χ1v) is 7.68. The van der Waals surface area contributed by atoms with Crippen LogP contribution < -0.4 is 5.32 Å². The third kappa shape index (κ3) is 4.29. The zero-order valence-corrected chi connectivity index (χ0v) is 12.4. The fraction of sp³-hybridized carbons (Fsp3) is 0.417. The van der Waals surface area contributed by atoms with Crippen molar-refractivity contribution in [2.24, 2.45) is 0 Å². The maximum Gasteiger partial charge on any atom is 0.311 e. The molecular formula is C12H15N3O2S2. The number of thiazole rings is 2. The quantitative estimate of drug-likeness (QED) is 0.830. The molecule has 0 aromatic carbocycles. The summed E-state index contributed by atoms with van der Waals surface area (Å²) in [6.07, 6.45) is 0.224. The number of nitrogens with zero attached hydrogens (tertiary/aromatic N) is 2. The van der Waals surface area contributed by atoms with Gasteiger partial charge in [0.15, 0.2) is 5.13 Å². The van der Waals surface area contributed by atoms with E-state index in [-0.39, 0.29) is 12.4 Å². The monoisotopic (exact) mass is 297 g/mol. The van der Waals surface area contributed by atoms with E-state index in [0.717, 1.165) is 21.5 Å². The lowest BCUT2D eigenvalue weighted by Crippen LogP contribution is -2.08. The van der Waals surface area contributed by atoms with Gasteiger partial charge in [-0.2, -0.15) is 0 Å². The smallest absolute Gasteiger partial charge is 0.311 e. The summed E-state index contributed by atoms with van der Waals surface area (Å²) in [5.74, 6) is -0.241. The third-order valence-corrected chi connectivity index (χ3v) is 3.94. The van der Waals surface area contributed by atoms with Gasteiger partial charge in [0.2, 0.25) is 0 Å². The van der Waals surface area contributed by atoms with Crippen molar-refractivity contribution in [3.63, 3.8) is 0 Å². The van der Waals surface area contributed by atoms with Crippen LogP contribution in [0.5, 0.6) is 0 Å². The lowest BCUT2D eigenvalue weighted by Gasteiger charge is -1.99. The number of esters is 1. The van der Waals surface area contributed by atoms with Crippen LogP contribution in [0.15, 0.2) is 10.8 Å². The zero-order chi connectivity index (χ0) is 13.7. The van der Waals surface area contributed by atoms with Gasteiger partial charge >= 0.3 is 5.97 Å². The molecule has 0 bridgehead atoms. The Bertz CT molecular complexity index is 551. The molecule has 7 heteroatoms. The van der Waals surface area contributed by atoms with E-state index < -0.39 is 0 Å². The number of carbonyl (C=O) groups is 1. The molecule has 0 saturated heterocycles. The Hall–Kier alpha value is -1.47. The van der Waals surface area contributed by atoms with E-state index in [4.69, 9.17) is 4.74 Å². The molecular weight excluding hydrogens is 282 g/mol. The molecule has 0 spiro atoms. The molecule has 5 nitrogen and oxygen atoms in total. The van der Waals surface area contributed by atoms with E-state index in [0.29, 0.717) is 13.2 Å². The fourth-order valence-electron chi connectivity index (χ4n) is 1.48. The Morgan fingerprint density at radius 2 is 2.11 bits per heavy atom. The topological polar surface area (TPSA) is 64.1 Å². The number of aryl methyl sites for hydroxylation is 1. The molecule has 0 atom stereocenters. The van der Waals surface area contributed by atoms with Crippen molar-refractivity contribution in [1.29, 1.82) is 0 Å². The molecule has 2 aromatic heterocycles. The second kappa shape index (κ2) is 6.63. The van der Waals surface area contributed by atoms with Gasteiger partial charge in [-0.05, 0) is 13.8 Å². The van der Waals surface area contributed by atoms with Gasteiger partial charge in [0.25, 0.3) is 0 Å². The first-order chi connectivity index (χ1) is 9.17. The lowest BCUT2D eigenvalue weighted by molar-refractivity contribution is -0.142. The summed E-state index contributed by atoms with van der Waals surface area (Å²) < 4.78 is 4.88. The third-order valence-electron chi connectivity index (χ3n) is 2.27. The molecule has 0 unspecified atom stereocenters. The molecule has 0 aliphatic heterocycles. The molecule has 0 saturated carbocycles. The maximum atomic E-state index is 11.3. The number of hydrogen-bond donors (Lipinski definition) is 1. The van der Waals surface area contributed by atoms with Gasteiger partial charge in [-0.1, -0.05) is 0 Å². The first kappa shape index (κ1) is 14.0. The molecule has 0 aliphatic rings. The van der Waals surface area contributed by atoms with Crippen LogP contribution in [0.2, 0.25) is 0 Å². The summed E-state index contributed by atoms with van der Waals surface area (Å²) in [7, 11) is 0. The molecule has 0 aliphatic carbocycles. The highest BCUT2D eigenvalue weighted by Crippen LogP contribution is 2.17. The minimum absolute atomic E-state index is 0.224. The Morgan fingerprint density at radius 1 is 1.32 bits per heavy atom. The predicted molar refractivity (Wildman–Crippen MR) is 76.6 cm³/mol. The van der Waals surface area contributed by atoms with Crippen molar-refractivity contribution in [3.05, 3.63) is 27.2 Å². The summed E-state index contributed by atoms with van der Waals surface area (Å²) in [6, 6.07) is 0. The molecule has 1 N–H and O–H groups in total. The van der Waals surface area contributed by atoms with Crippen molar-refractivity contribution < 1.29 is 9.53 Å². The predicted octanol–water partition coefficient (Wildman–Crippen LogP) is 2.63. The van der Waals surface area contributed by atoms with Crippen LogP contribution in [0.25, 0.3) is 0 Å². The lowest BCUT2D eigenvalue weighted by atomic mass is 10.3. The standard InChI is InChI=1S/C12H15N3O2S2/c1-3-17-11(16)4-9-6-19-12(15-9)13-5-10-7-18-8(2)14-10/h6-7H,3-5H2,1-2H3,(H,13,15). The van der Waals surface area contributed by atoms with Crippen LogP contribution in [0, 0.1) is 6.92 Å². The van der Waals surface area contributed by atoms with Gasteiger partial charge in [0.1, 0.15) is 0 Å². The normalized spacial score (nSPS) is 10.4. The minimum Gasteiger partial charge on any atom is -0.466 e. The maximum absolute atomic E-state index is 11.3. The van der Waals surface area contributed by atoms with Crippen LogP contribution >= 0.6 is 22.7 Å². The zero-order valence-electron chi connectivity index (χ0n) is 10.8. The highest BCUT2D eigenvalue weighted by atomic mass is 32.1. The van der Waals surface area contributed by atoms with E-state index in [1.165, 1.54) is 11.3 Å². The van der Waals surface area contributed by atoms with Gasteiger partial charge in [0.05, 0.1) is 36.0 Å². The summed E-state index contributed by atoms with van der Waals surface area (Å²) in [5.41, 5.74) is 1.74. The second-order valence-electron chi connectivity index (χ2n) is 3.84. The minimum atomic E-state index is -0.241.